The Bertz CT molecular complexity index is 1000. The molecule has 0 saturated heterocycles. The lowest BCUT2D eigenvalue weighted by atomic mass is 9.93. The zero-order valence-corrected chi connectivity index (χ0v) is 18.3. The Hall–Kier alpha value is -2.38. The molecule has 0 radical (unpaired) electrons. The molecule has 1 heterocycles. The molecule has 1 amide bonds. The van der Waals surface area contributed by atoms with Gasteiger partial charge in [-0.15, -0.1) is 0 Å². The van der Waals surface area contributed by atoms with Gasteiger partial charge in [-0.1, -0.05) is 38.1 Å². The van der Waals surface area contributed by atoms with E-state index >= 15 is 0 Å². The highest BCUT2D eigenvalue weighted by Crippen LogP contribution is 2.32. The highest BCUT2D eigenvalue weighted by atomic mass is 32.2. The number of sulfonamides is 1. The van der Waals surface area contributed by atoms with Crippen molar-refractivity contribution in [3.05, 3.63) is 59.7 Å². The van der Waals surface area contributed by atoms with Crippen LogP contribution in [0, 0.1) is 5.41 Å². The van der Waals surface area contributed by atoms with Gasteiger partial charge in [0.2, 0.25) is 0 Å². The topological polar surface area (TPSA) is 69.7 Å². The Kier molecular flexibility index (Phi) is 6.00. The Labute approximate surface area is 173 Å². The van der Waals surface area contributed by atoms with Crippen LogP contribution in [0.2, 0.25) is 0 Å². The molecule has 0 spiro atoms. The lowest BCUT2D eigenvalue weighted by Crippen LogP contribution is -2.40. The molecule has 156 valence electrons. The van der Waals surface area contributed by atoms with Crippen LogP contribution in [0.4, 0.5) is 5.69 Å². The molecule has 0 saturated carbocycles. The van der Waals surface area contributed by atoms with Gasteiger partial charge in [-0.05, 0) is 55.8 Å². The maximum Gasteiger partial charge on any atom is 0.264 e. The second-order valence-electron chi connectivity index (χ2n) is 8.57. The van der Waals surface area contributed by atoms with E-state index in [1.807, 2.05) is 38.4 Å². The molecular weight excluding hydrogens is 386 g/mol. The van der Waals surface area contributed by atoms with Crippen molar-refractivity contribution in [1.29, 1.82) is 0 Å². The number of fused-ring (bicyclic) bond motifs is 1. The van der Waals surface area contributed by atoms with Crippen LogP contribution in [-0.4, -0.2) is 53.0 Å². The number of amides is 1. The molecule has 3 rings (SSSR count). The summed E-state index contributed by atoms with van der Waals surface area (Å²) in [5.74, 6) is -0.268. The normalized spacial score (nSPS) is 14.2. The molecule has 0 aliphatic carbocycles. The van der Waals surface area contributed by atoms with E-state index in [0.717, 1.165) is 12.1 Å². The summed E-state index contributed by atoms with van der Waals surface area (Å²) in [4.78, 5) is 14.9. The lowest BCUT2D eigenvalue weighted by Gasteiger charge is -2.28. The number of rotatable bonds is 7. The van der Waals surface area contributed by atoms with Gasteiger partial charge in [-0.25, -0.2) is 8.42 Å². The van der Waals surface area contributed by atoms with Crippen LogP contribution in [-0.2, 0) is 16.4 Å². The lowest BCUT2D eigenvalue weighted by molar-refractivity contribution is 0.0929. The van der Waals surface area contributed by atoms with Gasteiger partial charge in [0.05, 0.1) is 10.6 Å². The summed E-state index contributed by atoms with van der Waals surface area (Å²) in [6, 6.07) is 13.8. The van der Waals surface area contributed by atoms with Gasteiger partial charge in [0.25, 0.3) is 15.9 Å². The van der Waals surface area contributed by atoms with Crippen LogP contribution in [0.3, 0.4) is 0 Å². The largest absolute Gasteiger partial charge is 0.351 e. The minimum Gasteiger partial charge on any atom is -0.351 e. The average molecular weight is 416 g/mol. The average Bonchev–Trinajstić information content (AvgIpc) is 3.10. The van der Waals surface area contributed by atoms with Gasteiger partial charge in [0.1, 0.15) is 0 Å². The Morgan fingerprint density at radius 3 is 2.59 bits per heavy atom. The Morgan fingerprint density at radius 1 is 1.14 bits per heavy atom. The van der Waals surface area contributed by atoms with Crippen molar-refractivity contribution in [3.8, 4) is 0 Å². The number of nitrogens with one attached hydrogen (secondary N) is 1. The summed E-state index contributed by atoms with van der Waals surface area (Å²) in [5, 5.41) is 2.93. The van der Waals surface area contributed by atoms with Crippen molar-refractivity contribution >= 4 is 21.6 Å². The second-order valence-corrected chi connectivity index (χ2v) is 10.4. The molecule has 2 aromatic rings. The number of carbonyl (C=O) groups is 1. The molecular formula is C22H29N3O3S. The van der Waals surface area contributed by atoms with Gasteiger partial charge in [0.15, 0.2) is 0 Å². The SMILES string of the molecule is CN(C)CC(C)(C)CNC(=O)c1cccc(S(=O)(=O)N2CCc3ccccc32)c1. The molecule has 6 nitrogen and oxygen atoms in total. The Morgan fingerprint density at radius 2 is 1.86 bits per heavy atom. The molecule has 0 bridgehead atoms. The summed E-state index contributed by atoms with van der Waals surface area (Å²) in [6.45, 7) is 5.91. The molecule has 0 fully saturated rings. The number of carbonyl (C=O) groups excluding carboxylic acids is 1. The van der Waals surface area contributed by atoms with Gasteiger partial charge < -0.3 is 10.2 Å². The number of nitrogens with zero attached hydrogens (tertiary/aromatic N) is 2. The fourth-order valence-electron chi connectivity index (χ4n) is 3.82. The predicted octanol–water partition coefficient (Wildman–Crippen LogP) is 2.76. The number of hydrogen-bond acceptors (Lipinski definition) is 4. The fourth-order valence-corrected chi connectivity index (χ4v) is 5.37. The van der Waals surface area contributed by atoms with E-state index in [2.05, 4.69) is 24.1 Å². The maximum absolute atomic E-state index is 13.2. The van der Waals surface area contributed by atoms with E-state index in [1.165, 1.54) is 10.4 Å². The summed E-state index contributed by atoms with van der Waals surface area (Å²) in [7, 11) is 0.268. The van der Waals surface area contributed by atoms with E-state index in [1.54, 1.807) is 18.2 Å². The number of anilines is 1. The molecule has 0 aromatic heterocycles. The minimum atomic E-state index is -3.72. The zero-order chi connectivity index (χ0) is 21.2. The van der Waals surface area contributed by atoms with Crippen LogP contribution < -0.4 is 9.62 Å². The summed E-state index contributed by atoms with van der Waals surface area (Å²) < 4.78 is 27.8. The highest BCUT2D eigenvalue weighted by molar-refractivity contribution is 7.92. The van der Waals surface area contributed by atoms with Crippen LogP contribution in [0.15, 0.2) is 53.4 Å². The molecule has 2 aromatic carbocycles. The van der Waals surface area contributed by atoms with Crippen molar-refractivity contribution in [1.82, 2.24) is 10.2 Å². The molecule has 1 aliphatic heterocycles. The van der Waals surface area contributed by atoms with Gasteiger partial charge in [0, 0.05) is 25.2 Å². The standard InChI is InChI=1S/C22H29N3O3S/c1-22(2,16-24(3)4)15-23-21(26)18-9-7-10-19(14-18)29(27,28)25-13-12-17-8-5-6-11-20(17)25/h5-11,14H,12-13,15-16H2,1-4H3,(H,23,26). The summed E-state index contributed by atoms with van der Waals surface area (Å²) in [5.41, 5.74) is 1.99. The van der Waals surface area contributed by atoms with Crippen LogP contribution in [0.5, 0.6) is 0 Å². The van der Waals surface area contributed by atoms with E-state index in [9.17, 15) is 13.2 Å². The Balaban J connectivity index is 1.78. The van der Waals surface area contributed by atoms with E-state index in [-0.39, 0.29) is 16.2 Å². The van der Waals surface area contributed by atoms with Crippen molar-refractivity contribution in [2.24, 2.45) is 5.41 Å². The minimum absolute atomic E-state index is 0.0951. The van der Waals surface area contributed by atoms with E-state index in [4.69, 9.17) is 0 Å². The first-order valence-electron chi connectivity index (χ1n) is 9.74. The number of para-hydroxylation sites is 1. The molecule has 1 N–H and O–H groups in total. The van der Waals surface area contributed by atoms with Crippen LogP contribution in [0.1, 0.15) is 29.8 Å². The molecule has 1 aliphatic rings. The summed E-state index contributed by atoms with van der Waals surface area (Å²) in [6.07, 6.45) is 0.691. The van der Waals surface area contributed by atoms with Crippen molar-refractivity contribution in [3.63, 3.8) is 0 Å². The second kappa shape index (κ2) is 8.16. The van der Waals surface area contributed by atoms with Gasteiger partial charge in [-0.2, -0.15) is 0 Å². The van der Waals surface area contributed by atoms with Gasteiger partial charge in [-0.3, -0.25) is 9.10 Å². The highest BCUT2D eigenvalue weighted by Gasteiger charge is 2.31. The number of hydrogen-bond donors (Lipinski definition) is 1. The third-order valence-corrected chi connectivity index (χ3v) is 6.81. The zero-order valence-electron chi connectivity index (χ0n) is 17.5. The third-order valence-electron chi connectivity index (χ3n) is 5.00. The molecule has 0 atom stereocenters. The van der Waals surface area contributed by atoms with Crippen LogP contribution >= 0.6 is 0 Å². The third kappa shape index (κ3) is 4.79. The van der Waals surface area contributed by atoms with E-state index in [0.29, 0.717) is 30.8 Å². The quantitative estimate of drug-likeness (QED) is 0.755. The first-order chi connectivity index (χ1) is 13.6. The molecule has 0 unspecified atom stereocenters. The first kappa shape index (κ1) is 21.3. The smallest absolute Gasteiger partial charge is 0.264 e. The fraction of sp³-hybridized carbons (Fsp3) is 0.409. The molecule has 7 heteroatoms. The maximum atomic E-state index is 13.2. The van der Waals surface area contributed by atoms with E-state index < -0.39 is 10.0 Å². The van der Waals surface area contributed by atoms with Gasteiger partial charge >= 0.3 is 0 Å². The molecule has 29 heavy (non-hydrogen) atoms. The summed E-state index contributed by atoms with van der Waals surface area (Å²) >= 11 is 0. The first-order valence-corrected chi connectivity index (χ1v) is 11.2. The van der Waals surface area contributed by atoms with Crippen LogP contribution in [0.25, 0.3) is 0 Å². The monoisotopic (exact) mass is 415 g/mol. The van der Waals surface area contributed by atoms with Crippen molar-refractivity contribution in [2.75, 3.05) is 38.0 Å². The van der Waals surface area contributed by atoms with Crippen molar-refractivity contribution in [2.45, 2.75) is 25.2 Å². The predicted molar refractivity (Wildman–Crippen MR) is 116 cm³/mol. The van der Waals surface area contributed by atoms with Crippen molar-refractivity contribution < 1.29 is 13.2 Å². The number of benzene rings is 2.